The van der Waals surface area contributed by atoms with Crippen LogP contribution in [0, 0.1) is 6.92 Å². The summed E-state index contributed by atoms with van der Waals surface area (Å²) in [4.78, 5) is 13.0. The fourth-order valence-corrected chi connectivity index (χ4v) is 1.79. The monoisotopic (exact) mass is 236 g/mol. The maximum absolute atomic E-state index is 5.91. The molecule has 0 aliphatic carbocycles. The van der Waals surface area contributed by atoms with Gasteiger partial charge in [-0.15, -0.1) is 0 Å². The summed E-state index contributed by atoms with van der Waals surface area (Å²) in [5, 5.41) is 0. The van der Waals surface area contributed by atoms with Gasteiger partial charge in [0.15, 0.2) is 5.65 Å². The van der Waals surface area contributed by atoms with Gasteiger partial charge in [0.2, 0.25) is 0 Å². The molecule has 88 valence electrons. The SMILES string of the molecule is Cc1ccc(-c2cnc3cccnc3n2)cc1N. The van der Waals surface area contributed by atoms with Crippen LogP contribution < -0.4 is 5.73 Å². The van der Waals surface area contributed by atoms with Crippen LogP contribution in [-0.2, 0) is 0 Å². The van der Waals surface area contributed by atoms with E-state index in [0.717, 1.165) is 28.0 Å². The van der Waals surface area contributed by atoms with Crippen molar-refractivity contribution in [1.82, 2.24) is 15.0 Å². The summed E-state index contributed by atoms with van der Waals surface area (Å²) >= 11 is 0. The predicted octanol–water partition coefficient (Wildman–Crippen LogP) is 2.58. The highest BCUT2D eigenvalue weighted by molar-refractivity contribution is 5.74. The lowest BCUT2D eigenvalue weighted by Crippen LogP contribution is -1.93. The third kappa shape index (κ3) is 1.78. The number of hydrogen-bond acceptors (Lipinski definition) is 4. The van der Waals surface area contributed by atoms with Gasteiger partial charge in [0.05, 0.1) is 11.9 Å². The Balaban J connectivity index is 2.16. The van der Waals surface area contributed by atoms with Crippen molar-refractivity contribution in [2.24, 2.45) is 0 Å². The number of hydrogen-bond donors (Lipinski definition) is 1. The van der Waals surface area contributed by atoms with Gasteiger partial charge >= 0.3 is 0 Å². The molecule has 2 heterocycles. The molecule has 2 N–H and O–H groups in total. The lowest BCUT2D eigenvalue weighted by atomic mass is 10.1. The molecule has 3 aromatic rings. The van der Waals surface area contributed by atoms with Crippen LogP contribution in [-0.4, -0.2) is 15.0 Å². The van der Waals surface area contributed by atoms with E-state index in [-0.39, 0.29) is 0 Å². The van der Waals surface area contributed by atoms with E-state index in [1.807, 2.05) is 37.3 Å². The molecule has 0 saturated carbocycles. The van der Waals surface area contributed by atoms with Gasteiger partial charge in [0.1, 0.15) is 5.52 Å². The van der Waals surface area contributed by atoms with Gasteiger partial charge in [-0.25, -0.2) is 9.97 Å². The van der Waals surface area contributed by atoms with E-state index in [4.69, 9.17) is 5.73 Å². The van der Waals surface area contributed by atoms with Gasteiger partial charge in [-0.2, -0.15) is 0 Å². The summed E-state index contributed by atoms with van der Waals surface area (Å²) in [6.45, 7) is 1.98. The first-order chi connectivity index (χ1) is 8.74. The molecule has 0 spiro atoms. The average Bonchev–Trinajstić information content (AvgIpc) is 2.41. The van der Waals surface area contributed by atoms with Crippen molar-refractivity contribution >= 4 is 16.9 Å². The predicted molar refractivity (Wildman–Crippen MR) is 71.9 cm³/mol. The maximum atomic E-state index is 5.91. The minimum absolute atomic E-state index is 0.647. The molecule has 2 aromatic heterocycles. The van der Waals surface area contributed by atoms with E-state index < -0.39 is 0 Å². The van der Waals surface area contributed by atoms with E-state index in [1.165, 1.54) is 0 Å². The zero-order valence-electron chi connectivity index (χ0n) is 9.96. The number of rotatable bonds is 1. The third-order valence-corrected chi connectivity index (χ3v) is 2.89. The molecule has 0 aliphatic heterocycles. The topological polar surface area (TPSA) is 64.7 Å². The molecule has 1 aromatic carbocycles. The number of nitrogens with zero attached hydrogens (tertiary/aromatic N) is 3. The Kier molecular flexibility index (Phi) is 2.41. The zero-order chi connectivity index (χ0) is 12.5. The summed E-state index contributed by atoms with van der Waals surface area (Å²) in [7, 11) is 0. The lowest BCUT2D eigenvalue weighted by molar-refractivity contribution is 1.22. The molecule has 3 rings (SSSR count). The molecule has 0 unspecified atom stereocenters. The van der Waals surface area contributed by atoms with Crippen molar-refractivity contribution in [3.8, 4) is 11.3 Å². The highest BCUT2D eigenvalue weighted by Crippen LogP contribution is 2.22. The van der Waals surface area contributed by atoms with Gasteiger partial charge in [-0.3, -0.25) is 4.98 Å². The number of fused-ring (bicyclic) bond motifs is 1. The van der Waals surface area contributed by atoms with Gasteiger partial charge in [0.25, 0.3) is 0 Å². The molecule has 0 amide bonds. The van der Waals surface area contributed by atoms with Crippen molar-refractivity contribution in [2.75, 3.05) is 5.73 Å². The third-order valence-electron chi connectivity index (χ3n) is 2.89. The Bertz CT molecular complexity index is 722. The first-order valence-corrected chi connectivity index (χ1v) is 5.68. The van der Waals surface area contributed by atoms with Crippen molar-refractivity contribution in [3.63, 3.8) is 0 Å². The van der Waals surface area contributed by atoms with Crippen LogP contribution in [0.2, 0.25) is 0 Å². The fraction of sp³-hybridized carbons (Fsp3) is 0.0714. The minimum atomic E-state index is 0.647. The summed E-state index contributed by atoms with van der Waals surface area (Å²) in [6, 6.07) is 9.62. The van der Waals surface area contributed by atoms with Crippen LogP contribution in [0.4, 0.5) is 5.69 Å². The summed E-state index contributed by atoms with van der Waals surface area (Å²) in [5.74, 6) is 0. The van der Waals surface area contributed by atoms with E-state index >= 15 is 0 Å². The number of pyridine rings is 1. The van der Waals surface area contributed by atoms with E-state index in [1.54, 1.807) is 12.4 Å². The van der Waals surface area contributed by atoms with E-state index in [9.17, 15) is 0 Å². The van der Waals surface area contributed by atoms with Crippen molar-refractivity contribution in [1.29, 1.82) is 0 Å². The lowest BCUT2D eigenvalue weighted by Gasteiger charge is -2.05. The quantitative estimate of drug-likeness (QED) is 0.659. The summed E-state index contributed by atoms with van der Waals surface area (Å²) in [5.41, 5.74) is 10.9. The van der Waals surface area contributed by atoms with Crippen LogP contribution in [0.1, 0.15) is 5.56 Å². The average molecular weight is 236 g/mol. The Morgan fingerprint density at radius 2 is 2.00 bits per heavy atom. The second kappa shape index (κ2) is 4.07. The molecule has 0 fully saturated rings. The Morgan fingerprint density at radius 3 is 2.83 bits per heavy atom. The number of anilines is 1. The normalized spacial score (nSPS) is 10.7. The largest absolute Gasteiger partial charge is 0.398 e. The van der Waals surface area contributed by atoms with Gasteiger partial charge in [-0.05, 0) is 30.7 Å². The zero-order valence-corrected chi connectivity index (χ0v) is 9.96. The van der Waals surface area contributed by atoms with Gasteiger partial charge in [-0.1, -0.05) is 12.1 Å². The molecule has 0 radical (unpaired) electrons. The Hall–Kier alpha value is -2.49. The number of nitrogen functional groups attached to an aromatic ring is 1. The van der Waals surface area contributed by atoms with Gasteiger partial charge in [0, 0.05) is 17.4 Å². The van der Waals surface area contributed by atoms with Crippen molar-refractivity contribution in [3.05, 3.63) is 48.3 Å². The molecule has 4 nitrogen and oxygen atoms in total. The van der Waals surface area contributed by atoms with Gasteiger partial charge < -0.3 is 5.73 Å². The number of nitrogens with two attached hydrogens (primary N) is 1. The minimum Gasteiger partial charge on any atom is -0.398 e. The second-order valence-corrected chi connectivity index (χ2v) is 4.17. The molecule has 0 saturated heterocycles. The van der Waals surface area contributed by atoms with Crippen LogP contribution in [0.15, 0.2) is 42.7 Å². The molecular weight excluding hydrogens is 224 g/mol. The van der Waals surface area contributed by atoms with Crippen LogP contribution in [0.25, 0.3) is 22.4 Å². The molecule has 18 heavy (non-hydrogen) atoms. The van der Waals surface area contributed by atoms with Crippen LogP contribution in [0.3, 0.4) is 0 Å². The number of aryl methyl sites for hydroxylation is 1. The summed E-state index contributed by atoms with van der Waals surface area (Å²) < 4.78 is 0. The van der Waals surface area contributed by atoms with E-state index in [0.29, 0.717) is 5.65 Å². The Morgan fingerprint density at radius 1 is 1.11 bits per heavy atom. The van der Waals surface area contributed by atoms with E-state index in [2.05, 4.69) is 15.0 Å². The Labute approximate surface area is 105 Å². The molecule has 0 atom stereocenters. The molecule has 0 aliphatic rings. The first kappa shape index (κ1) is 10.7. The molecule has 0 bridgehead atoms. The summed E-state index contributed by atoms with van der Waals surface area (Å²) in [6.07, 6.45) is 3.46. The standard InChI is InChI=1S/C14H12N4/c1-9-4-5-10(7-11(9)15)13-8-17-12-3-2-6-16-14(12)18-13/h2-8H,15H2,1H3. The highest BCUT2D eigenvalue weighted by atomic mass is 14.9. The maximum Gasteiger partial charge on any atom is 0.178 e. The number of benzene rings is 1. The van der Waals surface area contributed by atoms with Crippen LogP contribution in [0.5, 0.6) is 0 Å². The van der Waals surface area contributed by atoms with Crippen molar-refractivity contribution in [2.45, 2.75) is 6.92 Å². The second-order valence-electron chi connectivity index (χ2n) is 4.17. The van der Waals surface area contributed by atoms with Crippen molar-refractivity contribution < 1.29 is 0 Å². The number of aromatic nitrogens is 3. The molecule has 4 heteroatoms. The fourth-order valence-electron chi connectivity index (χ4n) is 1.79. The first-order valence-electron chi connectivity index (χ1n) is 5.68. The van der Waals surface area contributed by atoms with Crippen LogP contribution >= 0.6 is 0 Å². The molecular formula is C14H12N4. The highest BCUT2D eigenvalue weighted by Gasteiger charge is 2.04. The smallest absolute Gasteiger partial charge is 0.178 e.